The SMILES string of the molecule is O=C1CC(C2CCCCN2Cc2ccccc2)CN1. The van der Waals surface area contributed by atoms with Gasteiger partial charge in [-0.3, -0.25) is 9.69 Å². The second kappa shape index (κ2) is 5.74. The molecule has 3 heteroatoms. The van der Waals surface area contributed by atoms with Crippen molar-refractivity contribution in [3.63, 3.8) is 0 Å². The molecular formula is C16H22N2O. The number of nitrogens with one attached hydrogen (secondary N) is 1. The average molecular weight is 258 g/mol. The zero-order valence-corrected chi connectivity index (χ0v) is 11.3. The van der Waals surface area contributed by atoms with Gasteiger partial charge in [-0.1, -0.05) is 36.8 Å². The molecule has 2 aliphatic heterocycles. The molecule has 1 amide bonds. The van der Waals surface area contributed by atoms with Gasteiger partial charge in [-0.05, 0) is 24.9 Å². The first-order valence-electron chi connectivity index (χ1n) is 7.37. The topological polar surface area (TPSA) is 32.3 Å². The summed E-state index contributed by atoms with van der Waals surface area (Å²) in [6.45, 7) is 3.06. The van der Waals surface area contributed by atoms with E-state index in [0.29, 0.717) is 12.0 Å². The molecule has 0 radical (unpaired) electrons. The Balaban J connectivity index is 1.69. The van der Waals surface area contributed by atoms with Crippen molar-refractivity contribution in [1.29, 1.82) is 0 Å². The minimum atomic E-state index is 0.232. The Labute approximate surface area is 115 Å². The summed E-state index contributed by atoms with van der Waals surface area (Å²) in [6.07, 6.45) is 4.56. The largest absolute Gasteiger partial charge is 0.356 e. The second-order valence-electron chi connectivity index (χ2n) is 5.79. The van der Waals surface area contributed by atoms with Gasteiger partial charge in [-0.15, -0.1) is 0 Å². The molecule has 2 unspecified atom stereocenters. The molecule has 1 N–H and O–H groups in total. The fourth-order valence-corrected chi connectivity index (χ4v) is 3.46. The van der Waals surface area contributed by atoms with Crippen LogP contribution in [0.25, 0.3) is 0 Å². The summed E-state index contributed by atoms with van der Waals surface area (Å²) >= 11 is 0. The molecule has 3 nitrogen and oxygen atoms in total. The van der Waals surface area contributed by atoms with Gasteiger partial charge >= 0.3 is 0 Å². The van der Waals surface area contributed by atoms with Crippen LogP contribution in [0.5, 0.6) is 0 Å². The van der Waals surface area contributed by atoms with Gasteiger partial charge in [0.2, 0.25) is 5.91 Å². The third-order valence-corrected chi connectivity index (χ3v) is 4.45. The van der Waals surface area contributed by atoms with Crippen molar-refractivity contribution in [1.82, 2.24) is 10.2 Å². The zero-order valence-electron chi connectivity index (χ0n) is 11.3. The standard InChI is InChI=1S/C16H22N2O/c19-16-10-14(11-17-16)15-8-4-5-9-18(15)12-13-6-2-1-3-7-13/h1-3,6-7,14-15H,4-5,8-12H2,(H,17,19). The molecule has 0 saturated carbocycles. The van der Waals surface area contributed by atoms with E-state index in [1.165, 1.54) is 31.4 Å². The molecule has 2 fully saturated rings. The summed E-state index contributed by atoms with van der Waals surface area (Å²) in [5.74, 6) is 0.742. The highest BCUT2D eigenvalue weighted by Crippen LogP contribution is 2.28. The third-order valence-electron chi connectivity index (χ3n) is 4.45. The zero-order chi connectivity index (χ0) is 13.1. The molecule has 2 aliphatic rings. The molecule has 1 aromatic carbocycles. The van der Waals surface area contributed by atoms with Crippen LogP contribution < -0.4 is 5.32 Å². The first kappa shape index (κ1) is 12.7. The maximum Gasteiger partial charge on any atom is 0.220 e. The molecule has 3 rings (SSSR count). The number of carbonyl (C=O) groups excluding carboxylic acids is 1. The molecule has 2 atom stereocenters. The lowest BCUT2D eigenvalue weighted by Crippen LogP contribution is -2.44. The van der Waals surface area contributed by atoms with E-state index in [1.54, 1.807) is 0 Å². The first-order valence-corrected chi connectivity index (χ1v) is 7.37. The number of amides is 1. The average Bonchev–Trinajstić information content (AvgIpc) is 2.87. The molecule has 2 saturated heterocycles. The molecule has 19 heavy (non-hydrogen) atoms. The van der Waals surface area contributed by atoms with Crippen molar-refractivity contribution < 1.29 is 4.79 Å². The van der Waals surface area contributed by atoms with Crippen LogP contribution in [0.3, 0.4) is 0 Å². The van der Waals surface area contributed by atoms with Crippen LogP contribution >= 0.6 is 0 Å². The minimum Gasteiger partial charge on any atom is -0.356 e. The van der Waals surface area contributed by atoms with Crippen molar-refractivity contribution in [2.24, 2.45) is 5.92 Å². The summed E-state index contributed by atoms with van der Waals surface area (Å²) in [4.78, 5) is 14.0. The van der Waals surface area contributed by atoms with E-state index < -0.39 is 0 Å². The quantitative estimate of drug-likeness (QED) is 0.901. The Kier molecular flexibility index (Phi) is 3.83. The number of hydrogen-bond donors (Lipinski definition) is 1. The van der Waals surface area contributed by atoms with Gasteiger partial charge in [-0.25, -0.2) is 0 Å². The highest BCUT2D eigenvalue weighted by molar-refractivity contribution is 5.78. The highest BCUT2D eigenvalue weighted by atomic mass is 16.1. The van der Waals surface area contributed by atoms with Crippen LogP contribution in [0.1, 0.15) is 31.2 Å². The normalized spacial score (nSPS) is 28.3. The van der Waals surface area contributed by atoms with Crippen LogP contribution in [-0.2, 0) is 11.3 Å². The molecule has 102 valence electrons. The number of nitrogens with zero attached hydrogens (tertiary/aromatic N) is 1. The number of carbonyl (C=O) groups is 1. The van der Waals surface area contributed by atoms with E-state index in [1.807, 2.05) is 0 Å². The van der Waals surface area contributed by atoms with Crippen LogP contribution in [-0.4, -0.2) is 29.9 Å². The van der Waals surface area contributed by atoms with Gasteiger partial charge in [0.05, 0.1) is 0 Å². The number of piperidine rings is 1. The van der Waals surface area contributed by atoms with Crippen LogP contribution in [0, 0.1) is 5.92 Å². The summed E-state index contributed by atoms with van der Waals surface area (Å²) in [5, 5.41) is 2.99. The number of benzene rings is 1. The van der Waals surface area contributed by atoms with Gasteiger partial charge in [0.1, 0.15) is 0 Å². The Morgan fingerprint density at radius 2 is 2.05 bits per heavy atom. The van der Waals surface area contributed by atoms with E-state index in [2.05, 4.69) is 40.5 Å². The molecule has 0 aliphatic carbocycles. The Hall–Kier alpha value is -1.35. The predicted octanol–water partition coefficient (Wildman–Crippen LogP) is 2.18. The van der Waals surface area contributed by atoms with Gasteiger partial charge < -0.3 is 5.32 Å². The monoisotopic (exact) mass is 258 g/mol. The maximum atomic E-state index is 11.4. The van der Waals surface area contributed by atoms with E-state index in [9.17, 15) is 4.79 Å². The van der Waals surface area contributed by atoms with Crippen molar-refractivity contribution >= 4 is 5.91 Å². The third kappa shape index (κ3) is 2.98. The Morgan fingerprint density at radius 3 is 2.79 bits per heavy atom. The van der Waals surface area contributed by atoms with Crippen molar-refractivity contribution in [3.05, 3.63) is 35.9 Å². The van der Waals surface area contributed by atoms with E-state index >= 15 is 0 Å². The van der Waals surface area contributed by atoms with Gasteiger partial charge in [0, 0.05) is 31.5 Å². The molecular weight excluding hydrogens is 236 g/mol. The van der Waals surface area contributed by atoms with Gasteiger partial charge in [0.25, 0.3) is 0 Å². The summed E-state index contributed by atoms with van der Waals surface area (Å²) in [7, 11) is 0. The number of likely N-dealkylation sites (tertiary alicyclic amines) is 1. The summed E-state index contributed by atoms with van der Waals surface area (Å²) < 4.78 is 0. The lowest BCUT2D eigenvalue weighted by molar-refractivity contribution is -0.119. The van der Waals surface area contributed by atoms with E-state index in [0.717, 1.165) is 19.5 Å². The predicted molar refractivity (Wildman–Crippen MR) is 75.6 cm³/mol. The van der Waals surface area contributed by atoms with Crippen LogP contribution in [0.4, 0.5) is 0 Å². The fourth-order valence-electron chi connectivity index (χ4n) is 3.46. The van der Waals surface area contributed by atoms with Crippen molar-refractivity contribution in [2.45, 2.75) is 38.3 Å². The molecule has 0 aromatic heterocycles. The highest BCUT2D eigenvalue weighted by Gasteiger charge is 2.34. The lowest BCUT2D eigenvalue weighted by Gasteiger charge is -2.38. The van der Waals surface area contributed by atoms with Crippen molar-refractivity contribution in [3.8, 4) is 0 Å². The maximum absolute atomic E-state index is 11.4. The minimum absolute atomic E-state index is 0.232. The lowest BCUT2D eigenvalue weighted by atomic mass is 9.89. The smallest absolute Gasteiger partial charge is 0.220 e. The Morgan fingerprint density at radius 1 is 1.21 bits per heavy atom. The molecule has 2 heterocycles. The van der Waals surface area contributed by atoms with Crippen LogP contribution in [0.15, 0.2) is 30.3 Å². The Bertz CT molecular complexity index is 432. The number of hydrogen-bond acceptors (Lipinski definition) is 2. The summed E-state index contributed by atoms with van der Waals surface area (Å²) in [5.41, 5.74) is 1.38. The van der Waals surface area contributed by atoms with Crippen LogP contribution in [0.2, 0.25) is 0 Å². The molecule has 0 spiro atoms. The molecule has 1 aromatic rings. The first-order chi connectivity index (χ1) is 9.33. The summed E-state index contributed by atoms with van der Waals surface area (Å²) in [6, 6.07) is 11.3. The van der Waals surface area contributed by atoms with Gasteiger partial charge in [0.15, 0.2) is 0 Å². The van der Waals surface area contributed by atoms with Crippen molar-refractivity contribution in [2.75, 3.05) is 13.1 Å². The van der Waals surface area contributed by atoms with Gasteiger partial charge in [-0.2, -0.15) is 0 Å². The van der Waals surface area contributed by atoms with E-state index in [4.69, 9.17) is 0 Å². The second-order valence-corrected chi connectivity index (χ2v) is 5.79. The number of rotatable bonds is 3. The fraction of sp³-hybridized carbons (Fsp3) is 0.562. The van der Waals surface area contributed by atoms with E-state index in [-0.39, 0.29) is 5.91 Å². The molecule has 0 bridgehead atoms.